The molecule has 4 heteroatoms. The molecule has 2 nitrogen and oxygen atoms in total. The fourth-order valence-corrected chi connectivity index (χ4v) is 0.927. The first-order chi connectivity index (χ1) is 4.14. The Hall–Kier alpha value is -0.220. The van der Waals surface area contributed by atoms with E-state index in [1.807, 2.05) is 0 Å². The molecular formula is C5H10F2N2. The van der Waals surface area contributed by atoms with Crippen LogP contribution in [0.3, 0.4) is 0 Å². The van der Waals surface area contributed by atoms with Gasteiger partial charge in [-0.25, -0.2) is 13.8 Å². The molecule has 0 saturated carbocycles. The summed E-state index contributed by atoms with van der Waals surface area (Å²) in [6.07, 6.45) is -0.0200. The smallest absolute Gasteiger partial charge is 0.258 e. The quantitative estimate of drug-likeness (QED) is 0.563. The Bertz CT molecular complexity index is 105. The fourth-order valence-electron chi connectivity index (χ4n) is 0.927. The summed E-state index contributed by atoms with van der Waals surface area (Å²) in [6.45, 7) is 0.299. The lowest BCUT2D eigenvalue weighted by Gasteiger charge is -2.12. The maximum Gasteiger partial charge on any atom is 0.263 e. The minimum atomic E-state index is -2.47. The molecule has 0 spiro atoms. The molecule has 1 N–H and O–H groups in total. The predicted octanol–water partition coefficient (Wildman–Crippen LogP) is 0.462. The Balaban J connectivity index is 2.38. The van der Waals surface area contributed by atoms with Crippen LogP contribution in [0.5, 0.6) is 0 Å². The van der Waals surface area contributed by atoms with Gasteiger partial charge in [0.1, 0.15) is 0 Å². The molecule has 54 valence electrons. The van der Waals surface area contributed by atoms with Gasteiger partial charge < -0.3 is 0 Å². The lowest BCUT2D eigenvalue weighted by Crippen LogP contribution is -2.34. The van der Waals surface area contributed by atoms with Crippen molar-refractivity contribution in [2.45, 2.75) is 12.3 Å². The Morgan fingerprint density at radius 1 is 1.56 bits per heavy atom. The van der Waals surface area contributed by atoms with Gasteiger partial charge in [-0.15, -0.1) is 0 Å². The third-order valence-electron chi connectivity index (χ3n) is 1.49. The maximum atomic E-state index is 12.3. The van der Waals surface area contributed by atoms with E-state index in [-0.39, 0.29) is 13.0 Å². The van der Waals surface area contributed by atoms with E-state index in [1.54, 1.807) is 7.05 Å². The normalized spacial score (nSPS) is 27.0. The van der Waals surface area contributed by atoms with Gasteiger partial charge in [0.25, 0.3) is 5.92 Å². The zero-order valence-electron chi connectivity index (χ0n) is 5.32. The molecule has 1 aliphatic heterocycles. The van der Waals surface area contributed by atoms with Crippen molar-refractivity contribution in [1.82, 2.24) is 10.4 Å². The lowest BCUT2D eigenvalue weighted by molar-refractivity contribution is 0.00771. The van der Waals surface area contributed by atoms with E-state index in [1.165, 1.54) is 5.01 Å². The molecular weight excluding hydrogens is 126 g/mol. The molecule has 0 aromatic rings. The maximum absolute atomic E-state index is 12.3. The Kier molecular flexibility index (Phi) is 1.68. The largest absolute Gasteiger partial charge is 0.263 e. The fraction of sp³-hybridized carbons (Fsp3) is 1.00. The molecule has 1 saturated heterocycles. The summed E-state index contributed by atoms with van der Waals surface area (Å²) in [5.74, 6) is -2.47. The Morgan fingerprint density at radius 3 is 2.44 bits per heavy atom. The van der Waals surface area contributed by atoms with Crippen LogP contribution in [-0.2, 0) is 0 Å². The van der Waals surface area contributed by atoms with Gasteiger partial charge in [-0.3, -0.25) is 5.43 Å². The van der Waals surface area contributed by atoms with Gasteiger partial charge in [-0.1, -0.05) is 0 Å². The highest BCUT2D eigenvalue weighted by molar-refractivity contribution is 4.78. The van der Waals surface area contributed by atoms with Gasteiger partial charge in [-0.05, 0) is 7.05 Å². The van der Waals surface area contributed by atoms with Crippen molar-refractivity contribution < 1.29 is 8.78 Å². The highest BCUT2D eigenvalue weighted by Gasteiger charge is 2.37. The number of rotatable bonds is 1. The number of halogens is 2. The molecule has 9 heavy (non-hydrogen) atoms. The summed E-state index contributed by atoms with van der Waals surface area (Å²) in [4.78, 5) is 0. The first-order valence-electron chi connectivity index (χ1n) is 2.94. The van der Waals surface area contributed by atoms with Crippen molar-refractivity contribution >= 4 is 0 Å². The van der Waals surface area contributed by atoms with Gasteiger partial charge in [0.05, 0.1) is 6.54 Å². The molecule has 0 bridgehead atoms. The number of hydrogen-bond acceptors (Lipinski definition) is 2. The van der Waals surface area contributed by atoms with Crippen molar-refractivity contribution in [2.75, 3.05) is 20.1 Å². The molecule has 1 fully saturated rings. The molecule has 1 rings (SSSR count). The monoisotopic (exact) mass is 136 g/mol. The van der Waals surface area contributed by atoms with Gasteiger partial charge in [-0.2, -0.15) is 0 Å². The number of nitrogens with zero attached hydrogens (tertiary/aromatic N) is 1. The van der Waals surface area contributed by atoms with E-state index in [2.05, 4.69) is 5.43 Å². The SMILES string of the molecule is CNN1CCC(F)(F)C1. The number of hydrogen-bond donors (Lipinski definition) is 1. The van der Waals surface area contributed by atoms with E-state index in [0.29, 0.717) is 6.54 Å². The molecule has 0 unspecified atom stereocenters. The van der Waals surface area contributed by atoms with Crippen molar-refractivity contribution in [2.24, 2.45) is 0 Å². The molecule has 0 aromatic heterocycles. The number of alkyl halides is 2. The van der Waals surface area contributed by atoms with E-state index >= 15 is 0 Å². The van der Waals surface area contributed by atoms with Crippen molar-refractivity contribution in [3.05, 3.63) is 0 Å². The van der Waals surface area contributed by atoms with Crippen LogP contribution < -0.4 is 5.43 Å². The summed E-state index contributed by atoms with van der Waals surface area (Å²) >= 11 is 0. The van der Waals surface area contributed by atoms with Gasteiger partial charge in [0.2, 0.25) is 0 Å². The van der Waals surface area contributed by atoms with E-state index in [9.17, 15) is 8.78 Å². The number of hydrazine groups is 1. The summed E-state index contributed by atoms with van der Waals surface area (Å²) < 4.78 is 24.6. The minimum absolute atomic E-state index is 0.0200. The Morgan fingerprint density at radius 2 is 2.22 bits per heavy atom. The molecule has 0 amide bonds. The second kappa shape index (κ2) is 2.19. The summed E-state index contributed by atoms with van der Waals surface area (Å²) in [5, 5.41) is 1.51. The molecule has 1 heterocycles. The third-order valence-corrected chi connectivity index (χ3v) is 1.49. The molecule has 1 aliphatic rings. The first-order valence-corrected chi connectivity index (χ1v) is 2.94. The van der Waals surface area contributed by atoms with Crippen LogP contribution in [0.1, 0.15) is 6.42 Å². The molecule has 0 atom stereocenters. The van der Waals surface area contributed by atoms with Crippen LogP contribution in [0.25, 0.3) is 0 Å². The zero-order valence-corrected chi connectivity index (χ0v) is 5.32. The standard InChI is InChI=1S/C5H10F2N2/c1-8-9-3-2-5(6,7)4-9/h8H,2-4H2,1H3. The first kappa shape index (κ1) is 6.89. The van der Waals surface area contributed by atoms with Gasteiger partial charge >= 0.3 is 0 Å². The molecule has 0 aliphatic carbocycles. The third kappa shape index (κ3) is 1.59. The summed E-state index contributed by atoms with van der Waals surface area (Å²) in [5.41, 5.74) is 2.67. The zero-order chi connectivity index (χ0) is 6.91. The van der Waals surface area contributed by atoms with Crippen molar-refractivity contribution in [1.29, 1.82) is 0 Å². The summed E-state index contributed by atoms with van der Waals surface area (Å²) in [6, 6.07) is 0. The average molecular weight is 136 g/mol. The van der Waals surface area contributed by atoms with E-state index < -0.39 is 5.92 Å². The van der Waals surface area contributed by atoms with E-state index in [4.69, 9.17) is 0 Å². The van der Waals surface area contributed by atoms with Crippen LogP contribution in [0.15, 0.2) is 0 Å². The topological polar surface area (TPSA) is 15.3 Å². The summed E-state index contributed by atoms with van der Waals surface area (Å²) in [7, 11) is 1.65. The molecule has 0 aromatic carbocycles. The van der Waals surface area contributed by atoms with E-state index in [0.717, 1.165) is 0 Å². The van der Waals surface area contributed by atoms with Crippen LogP contribution in [0.2, 0.25) is 0 Å². The number of nitrogens with one attached hydrogen (secondary N) is 1. The Labute approximate surface area is 52.8 Å². The van der Waals surface area contributed by atoms with Crippen LogP contribution in [0.4, 0.5) is 8.78 Å². The van der Waals surface area contributed by atoms with Crippen LogP contribution >= 0.6 is 0 Å². The lowest BCUT2D eigenvalue weighted by atomic mass is 10.3. The predicted molar refractivity (Wildman–Crippen MR) is 30.2 cm³/mol. The highest BCUT2D eigenvalue weighted by atomic mass is 19.3. The minimum Gasteiger partial charge on any atom is -0.258 e. The second-order valence-electron chi connectivity index (χ2n) is 2.25. The van der Waals surface area contributed by atoms with Gasteiger partial charge in [0, 0.05) is 13.0 Å². The second-order valence-corrected chi connectivity index (χ2v) is 2.25. The molecule has 0 radical (unpaired) electrons. The van der Waals surface area contributed by atoms with Crippen molar-refractivity contribution in [3.8, 4) is 0 Å². The highest BCUT2D eigenvalue weighted by Crippen LogP contribution is 2.24. The van der Waals surface area contributed by atoms with Crippen molar-refractivity contribution in [3.63, 3.8) is 0 Å². The van der Waals surface area contributed by atoms with Crippen LogP contribution in [-0.4, -0.2) is 31.1 Å². The average Bonchev–Trinajstić information content (AvgIpc) is 2.10. The van der Waals surface area contributed by atoms with Gasteiger partial charge in [0.15, 0.2) is 0 Å². The van der Waals surface area contributed by atoms with Crippen LogP contribution in [0, 0.1) is 0 Å².